The molecule has 17 heavy (non-hydrogen) atoms. The summed E-state index contributed by atoms with van der Waals surface area (Å²) in [6, 6.07) is 0. The van der Waals surface area contributed by atoms with E-state index in [1.54, 1.807) is 0 Å². The van der Waals surface area contributed by atoms with Crippen LogP contribution < -0.4 is 0 Å². The van der Waals surface area contributed by atoms with Crippen molar-refractivity contribution < 1.29 is 19.1 Å². The molecule has 0 N–H and O–H groups in total. The Morgan fingerprint density at radius 3 is 2.65 bits per heavy atom. The van der Waals surface area contributed by atoms with Gasteiger partial charge in [0.25, 0.3) is 0 Å². The van der Waals surface area contributed by atoms with Crippen molar-refractivity contribution in [1.82, 2.24) is 0 Å². The zero-order valence-corrected chi connectivity index (χ0v) is 10.2. The lowest BCUT2D eigenvalue weighted by Gasteiger charge is -2.44. The van der Waals surface area contributed by atoms with E-state index in [1.165, 1.54) is 20.3 Å². The van der Waals surface area contributed by atoms with Gasteiger partial charge in [0.2, 0.25) is 5.78 Å². The molecule has 0 bridgehead atoms. The van der Waals surface area contributed by atoms with E-state index >= 15 is 0 Å². The van der Waals surface area contributed by atoms with Crippen molar-refractivity contribution >= 4 is 11.6 Å². The molecule has 0 amide bonds. The van der Waals surface area contributed by atoms with E-state index in [0.29, 0.717) is 6.42 Å². The second-order valence-corrected chi connectivity index (χ2v) is 4.45. The van der Waals surface area contributed by atoms with Gasteiger partial charge in [0.05, 0.1) is 13.0 Å². The van der Waals surface area contributed by atoms with Crippen LogP contribution in [0.5, 0.6) is 0 Å². The first-order chi connectivity index (χ1) is 8.07. The van der Waals surface area contributed by atoms with Gasteiger partial charge in [-0.15, -0.1) is 0 Å². The third-order valence-corrected chi connectivity index (χ3v) is 3.74. The van der Waals surface area contributed by atoms with Crippen molar-refractivity contribution in [2.45, 2.75) is 18.9 Å². The van der Waals surface area contributed by atoms with Gasteiger partial charge in [0, 0.05) is 19.1 Å². The lowest BCUT2D eigenvalue weighted by molar-refractivity contribution is -0.162. The molecule has 0 unspecified atom stereocenters. The first kappa shape index (κ1) is 12.0. The highest BCUT2D eigenvalue weighted by atomic mass is 16.5. The highest BCUT2D eigenvalue weighted by Gasteiger charge is 2.56. The summed E-state index contributed by atoms with van der Waals surface area (Å²) in [7, 11) is 2.87. The fourth-order valence-electron chi connectivity index (χ4n) is 2.81. The van der Waals surface area contributed by atoms with Crippen LogP contribution in [0.15, 0.2) is 24.0 Å². The molecular weight excluding hydrogens is 220 g/mol. The van der Waals surface area contributed by atoms with E-state index in [9.17, 15) is 9.59 Å². The first-order valence-corrected chi connectivity index (χ1v) is 5.64. The Labute approximate surface area is 100 Å². The van der Waals surface area contributed by atoms with E-state index in [1.807, 2.05) is 19.1 Å². The van der Waals surface area contributed by atoms with E-state index < -0.39 is 11.5 Å². The Bertz CT molecular complexity index is 421. The van der Waals surface area contributed by atoms with Gasteiger partial charge < -0.3 is 9.47 Å². The maximum Gasteiger partial charge on any atom is 0.230 e. The molecule has 4 heteroatoms. The predicted octanol–water partition coefficient (Wildman–Crippen LogP) is 1.27. The number of rotatable bonds is 2. The van der Waals surface area contributed by atoms with Gasteiger partial charge in [-0.1, -0.05) is 19.1 Å². The van der Waals surface area contributed by atoms with E-state index in [-0.39, 0.29) is 23.2 Å². The number of Topliss-reactive ketones (excluding diaryl/α,β-unsaturated/α-hetero) is 1. The summed E-state index contributed by atoms with van der Waals surface area (Å²) in [5.74, 6) is -0.806. The van der Waals surface area contributed by atoms with Crippen LogP contribution in [0.1, 0.15) is 13.3 Å². The maximum atomic E-state index is 12.4. The number of hydrogen-bond acceptors (Lipinski definition) is 4. The quantitative estimate of drug-likeness (QED) is 0.677. The molecule has 0 aromatic rings. The van der Waals surface area contributed by atoms with E-state index in [2.05, 4.69) is 0 Å². The standard InChI is InChI=1S/C13H16O4/c1-8-5-4-6-9-10(14)7-11(16-2)12(15)13(8,9)17-3/h4-5,7-9H,6H2,1-3H3/t8-,9-,13+/m1/s1. The summed E-state index contributed by atoms with van der Waals surface area (Å²) in [5, 5.41) is 0. The number of allylic oxidation sites excluding steroid dienone is 2. The Kier molecular flexibility index (Phi) is 2.91. The number of carbonyl (C=O) groups excluding carboxylic acids is 2. The van der Waals surface area contributed by atoms with Crippen LogP contribution in [0.25, 0.3) is 0 Å². The number of ketones is 2. The number of hydrogen-bond donors (Lipinski definition) is 0. The van der Waals surface area contributed by atoms with Crippen LogP contribution in [-0.2, 0) is 19.1 Å². The second-order valence-electron chi connectivity index (χ2n) is 4.45. The van der Waals surface area contributed by atoms with Crippen molar-refractivity contribution in [1.29, 1.82) is 0 Å². The summed E-state index contributed by atoms with van der Waals surface area (Å²) in [6.07, 6.45) is 5.68. The molecule has 4 nitrogen and oxygen atoms in total. The minimum absolute atomic E-state index is 0.0928. The van der Waals surface area contributed by atoms with Gasteiger partial charge in [-0.3, -0.25) is 9.59 Å². The normalized spacial score (nSPS) is 36.5. The first-order valence-electron chi connectivity index (χ1n) is 5.64. The molecule has 3 atom stereocenters. The molecule has 0 radical (unpaired) electrons. The number of carbonyl (C=O) groups is 2. The molecule has 0 saturated carbocycles. The van der Waals surface area contributed by atoms with E-state index in [4.69, 9.17) is 9.47 Å². The fourth-order valence-corrected chi connectivity index (χ4v) is 2.81. The summed E-state index contributed by atoms with van der Waals surface area (Å²) >= 11 is 0. The monoisotopic (exact) mass is 236 g/mol. The van der Waals surface area contributed by atoms with Crippen molar-refractivity contribution in [2.24, 2.45) is 11.8 Å². The molecule has 0 aromatic heterocycles. The Morgan fingerprint density at radius 2 is 2.06 bits per heavy atom. The van der Waals surface area contributed by atoms with Gasteiger partial charge in [-0.25, -0.2) is 0 Å². The molecule has 0 spiro atoms. The van der Waals surface area contributed by atoms with Crippen LogP contribution in [-0.4, -0.2) is 31.4 Å². The fraction of sp³-hybridized carbons (Fsp3) is 0.538. The van der Waals surface area contributed by atoms with Gasteiger partial charge in [0.15, 0.2) is 11.5 Å². The van der Waals surface area contributed by atoms with Crippen LogP contribution in [0.2, 0.25) is 0 Å². The predicted molar refractivity (Wildman–Crippen MR) is 61.3 cm³/mol. The second kappa shape index (κ2) is 4.11. The molecule has 0 aromatic carbocycles. The van der Waals surface area contributed by atoms with Crippen molar-refractivity contribution in [3.8, 4) is 0 Å². The van der Waals surface area contributed by atoms with Crippen LogP contribution >= 0.6 is 0 Å². The minimum atomic E-state index is -1.09. The molecule has 0 aliphatic heterocycles. The smallest absolute Gasteiger partial charge is 0.230 e. The molecule has 2 rings (SSSR count). The number of methoxy groups -OCH3 is 2. The third-order valence-electron chi connectivity index (χ3n) is 3.74. The maximum absolute atomic E-state index is 12.4. The largest absolute Gasteiger partial charge is 0.493 e. The molecule has 0 fully saturated rings. The van der Waals surface area contributed by atoms with Crippen molar-refractivity contribution in [3.05, 3.63) is 24.0 Å². The SMILES string of the molecule is COC1=CC(=O)[C@H]2CC=C[C@@H](C)[C@@]2(OC)C1=O. The average molecular weight is 236 g/mol. The molecule has 0 saturated heterocycles. The molecule has 0 heterocycles. The zero-order chi connectivity index (χ0) is 12.6. The molecule has 2 aliphatic rings. The van der Waals surface area contributed by atoms with Crippen LogP contribution in [0, 0.1) is 11.8 Å². The Balaban J connectivity index is 2.57. The lowest BCUT2D eigenvalue weighted by atomic mass is 9.65. The van der Waals surface area contributed by atoms with Gasteiger partial charge >= 0.3 is 0 Å². The zero-order valence-electron chi connectivity index (χ0n) is 10.2. The van der Waals surface area contributed by atoms with Crippen LogP contribution in [0.3, 0.4) is 0 Å². The summed E-state index contributed by atoms with van der Waals surface area (Å²) in [6.45, 7) is 1.88. The van der Waals surface area contributed by atoms with E-state index in [0.717, 1.165) is 0 Å². The molecule has 2 aliphatic carbocycles. The lowest BCUT2D eigenvalue weighted by Crippen LogP contribution is -2.58. The Hall–Kier alpha value is -1.42. The van der Waals surface area contributed by atoms with Gasteiger partial charge in [-0.2, -0.15) is 0 Å². The summed E-state index contributed by atoms with van der Waals surface area (Å²) in [5.41, 5.74) is -1.09. The van der Waals surface area contributed by atoms with Gasteiger partial charge in [-0.05, 0) is 6.42 Å². The highest BCUT2D eigenvalue weighted by molar-refractivity contribution is 6.13. The summed E-state index contributed by atoms with van der Waals surface area (Å²) in [4.78, 5) is 24.4. The highest BCUT2D eigenvalue weighted by Crippen LogP contribution is 2.43. The van der Waals surface area contributed by atoms with Crippen molar-refractivity contribution in [2.75, 3.05) is 14.2 Å². The van der Waals surface area contributed by atoms with Crippen LogP contribution in [0.4, 0.5) is 0 Å². The summed E-state index contributed by atoms with van der Waals surface area (Å²) < 4.78 is 10.5. The van der Waals surface area contributed by atoms with Gasteiger partial charge in [0.1, 0.15) is 5.60 Å². The topological polar surface area (TPSA) is 52.6 Å². The third kappa shape index (κ3) is 1.47. The Morgan fingerprint density at radius 1 is 1.35 bits per heavy atom. The average Bonchev–Trinajstić information content (AvgIpc) is 2.34. The number of ether oxygens (including phenoxy) is 2. The molecule has 92 valence electrons. The number of fused-ring (bicyclic) bond motifs is 1. The molecular formula is C13H16O4. The minimum Gasteiger partial charge on any atom is -0.493 e. The van der Waals surface area contributed by atoms with Crippen molar-refractivity contribution in [3.63, 3.8) is 0 Å².